The van der Waals surface area contributed by atoms with Gasteiger partial charge in [-0.2, -0.15) is 0 Å². The highest BCUT2D eigenvalue weighted by atomic mass is 16.6. The first-order chi connectivity index (χ1) is 8.08. The summed E-state index contributed by atoms with van der Waals surface area (Å²) >= 11 is 0. The predicted octanol–water partition coefficient (Wildman–Crippen LogP) is 2.27. The highest BCUT2D eigenvalue weighted by Gasteiger charge is 2.15. The van der Waals surface area contributed by atoms with Gasteiger partial charge in [0.1, 0.15) is 0 Å². The molecule has 17 heavy (non-hydrogen) atoms. The average Bonchev–Trinajstić information content (AvgIpc) is 2.29. The van der Waals surface area contributed by atoms with Crippen LogP contribution >= 0.6 is 0 Å². The van der Waals surface area contributed by atoms with Gasteiger partial charge in [-0.25, -0.2) is 0 Å². The maximum atomic E-state index is 10.8. The molecule has 0 aliphatic heterocycles. The van der Waals surface area contributed by atoms with Gasteiger partial charge in [0.15, 0.2) is 5.75 Å². The molecule has 1 atom stereocenters. The third kappa shape index (κ3) is 3.71. The molecule has 94 valence electrons. The molecule has 0 radical (unpaired) electrons. The minimum Gasteiger partial charge on any atom is -0.490 e. The Kier molecular flexibility index (Phi) is 4.90. The second-order valence-electron chi connectivity index (χ2n) is 4.02. The van der Waals surface area contributed by atoms with Crippen LogP contribution in [0.4, 0.5) is 5.69 Å². The van der Waals surface area contributed by atoms with E-state index in [0.717, 1.165) is 18.4 Å². The third-order valence-corrected chi connectivity index (χ3v) is 2.60. The van der Waals surface area contributed by atoms with Crippen LogP contribution in [0.25, 0.3) is 0 Å². The Morgan fingerprint density at radius 3 is 2.76 bits per heavy atom. The predicted molar refractivity (Wildman–Crippen MR) is 66.2 cm³/mol. The van der Waals surface area contributed by atoms with Crippen molar-refractivity contribution in [3.63, 3.8) is 0 Å². The molecule has 1 aromatic carbocycles. The molecular weight excluding hydrogens is 220 g/mol. The van der Waals surface area contributed by atoms with Crippen molar-refractivity contribution in [1.29, 1.82) is 0 Å². The van der Waals surface area contributed by atoms with Gasteiger partial charge in [0, 0.05) is 12.1 Å². The van der Waals surface area contributed by atoms with Crippen LogP contribution in [0.3, 0.4) is 0 Å². The van der Waals surface area contributed by atoms with Crippen LogP contribution in [-0.2, 0) is 6.42 Å². The number of rotatable bonds is 6. The van der Waals surface area contributed by atoms with E-state index in [1.807, 2.05) is 6.07 Å². The van der Waals surface area contributed by atoms with Crippen molar-refractivity contribution < 1.29 is 9.66 Å². The minimum atomic E-state index is -0.437. The Balaban J connectivity index is 2.88. The second kappa shape index (κ2) is 6.20. The van der Waals surface area contributed by atoms with Crippen LogP contribution < -0.4 is 10.5 Å². The number of nitro groups is 1. The molecule has 5 heteroatoms. The van der Waals surface area contributed by atoms with Gasteiger partial charge in [-0.1, -0.05) is 19.4 Å². The van der Waals surface area contributed by atoms with Crippen molar-refractivity contribution in [2.24, 2.45) is 5.73 Å². The zero-order valence-corrected chi connectivity index (χ0v) is 10.2. The smallest absolute Gasteiger partial charge is 0.311 e. The summed E-state index contributed by atoms with van der Waals surface area (Å²) < 4.78 is 4.94. The zero-order valence-electron chi connectivity index (χ0n) is 10.2. The lowest BCUT2D eigenvalue weighted by molar-refractivity contribution is -0.385. The Hall–Kier alpha value is -1.62. The Bertz CT molecular complexity index is 393. The first-order valence-corrected chi connectivity index (χ1v) is 5.65. The number of ether oxygens (including phenoxy) is 1. The Morgan fingerprint density at radius 1 is 1.53 bits per heavy atom. The standard InChI is InChI=1S/C12H18N2O3/c1-3-4-10(13)7-9-5-6-12(17-2)11(8-9)14(15)16/h5-6,8,10H,3-4,7,13H2,1-2H3. The van der Waals surface area contributed by atoms with E-state index in [1.165, 1.54) is 13.2 Å². The number of benzene rings is 1. The lowest BCUT2D eigenvalue weighted by atomic mass is 10.0. The summed E-state index contributed by atoms with van der Waals surface area (Å²) in [7, 11) is 1.42. The number of methoxy groups -OCH3 is 1. The van der Waals surface area contributed by atoms with Gasteiger partial charge < -0.3 is 10.5 Å². The van der Waals surface area contributed by atoms with E-state index in [4.69, 9.17) is 10.5 Å². The average molecular weight is 238 g/mol. The van der Waals surface area contributed by atoms with Crippen molar-refractivity contribution in [3.05, 3.63) is 33.9 Å². The number of hydrogen-bond acceptors (Lipinski definition) is 4. The summed E-state index contributed by atoms with van der Waals surface area (Å²) in [6.45, 7) is 2.07. The fourth-order valence-electron chi connectivity index (χ4n) is 1.78. The summed E-state index contributed by atoms with van der Waals surface area (Å²) in [6, 6.07) is 5.02. The number of nitrogens with two attached hydrogens (primary N) is 1. The van der Waals surface area contributed by atoms with Gasteiger partial charge in [0.25, 0.3) is 0 Å². The molecular formula is C12H18N2O3. The molecule has 0 saturated heterocycles. The summed E-state index contributed by atoms with van der Waals surface area (Å²) in [4.78, 5) is 10.4. The molecule has 0 heterocycles. The Labute approximate surface area is 101 Å². The monoisotopic (exact) mass is 238 g/mol. The van der Waals surface area contributed by atoms with Gasteiger partial charge in [-0.15, -0.1) is 0 Å². The van der Waals surface area contributed by atoms with E-state index in [2.05, 4.69) is 6.92 Å². The van der Waals surface area contributed by atoms with E-state index >= 15 is 0 Å². The fourth-order valence-corrected chi connectivity index (χ4v) is 1.78. The lowest BCUT2D eigenvalue weighted by Gasteiger charge is -2.10. The van der Waals surface area contributed by atoms with Crippen molar-refractivity contribution in [2.75, 3.05) is 7.11 Å². The molecule has 2 N–H and O–H groups in total. The number of nitrogens with zero attached hydrogens (tertiary/aromatic N) is 1. The SMILES string of the molecule is CCCC(N)Cc1ccc(OC)c([N+](=O)[O-])c1. The van der Waals surface area contributed by atoms with E-state index in [1.54, 1.807) is 6.07 Å². The zero-order chi connectivity index (χ0) is 12.8. The summed E-state index contributed by atoms with van der Waals surface area (Å²) in [5.74, 6) is 0.280. The third-order valence-electron chi connectivity index (χ3n) is 2.60. The molecule has 1 unspecified atom stereocenters. The van der Waals surface area contributed by atoms with E-state index in [-0.39, 0.29) is 17.5 Å². The van der Waals surface area contributed by atoms with Crippen molar-refractivity contribution >= 4 is 5.69 Å². The summed E-state index contributed by atoms with van der Waals surface area (Å²) in [6.07, 6.45) is 2.58. The molecule has 0 aliphatic rings. The molecule has 1 rings (SSSR count). The van der Waals surface area contributed by atoms with Crippen LogP contribution in [0.2, 0.25) is 0 Å². The fraction of sp³-hybridized carbons (Fsp3) is 0.500. The van der Waals surface area contributed by atoms with Crippen molar-refractivity contribution in [3.8, 4) is 5.75 Å². The first kappa shape index (κ1) is 13.4. The van der Waals surface area contributed by atoms with Crippen LogP contribution in [0, 0.1) is 10.1 Å². The molecule has 0 amide bonds. The molecule has 1 aromatic rings. The summed E-state index contributed by atoms with van der Waals surface area (Å²) in [5.41, 5.74) is 6.78. The topological polar surface area (TPSA) is 78.4 Å². The van der Waals surface area contributed by atoms with Crippen LogP contribution in [0.5, 0.6) is 5.75 Å². The lowest BCUT2D eigenvalue weighted by Crippen LogP contribution is -2.22. The van der Waals surface area contributed by atoms with Gasteiger partial charge >= 0.3 is 5.69 Å². The van der Waals surface area contributed by atoms with Crippen LogP contribution in [-0.4, -0.2) is 18.1 Å². The molecule has 5 nitrogen and oxygen atoms in total. The highest BCUT2D eigenvalue weighted by Crippen LogP contribution is 2.27. The van der Waals surface area contributed by atoms with Gasteiger partial charge in [-0.05, 0) is 24.5 Å². The maximum Gasteiger partial charge on any atom is 0.311 e. The number of nitro benzene ring substituents is 1. The van der Waals surface area contributed by atoms with Gasteiger partial charge in [0.2, 0.25) is 0 Å². The molecule has 0 spiro atoms. The number of hydrogen-bond donors (Lipinski definition) is 1. The Morgan fingerprint density at radius 2 is 2.24 bits per heavy atom. The first-order valence-electron chi connectivity index (χ1n) is 5.65. The van der Waals surface area contributed by atoms with E-state index in [0.29, 0.717) is 6.42 Å². The van der Waals surface area contributed by atoms with E-state index in [9.17, 15) is 10.1 Å². The molecule has 0 aromatic heterocycles. The highest BCUT2D eigenvalue weighted by molar-refractivity contribution is 5.48. The molecule has 0 fully saturated rings. The van der Waals surface area contributed by atoms with Gasteiger partial charge in [0.05, 0.1) is 12.0 Å². The quantitative estimate of drug-likeness (QED) is 0.609. The van der Waals surface area contributed by atoms with Crippen LogP contribution in [0.15, 0.2) is 18.2 Å². The second-order valence-corrected chi connectivity index (χ2v) is 4.02. The minimum absolute atomic E-state index is 0.00583. The molecule has 0 bridgehead atoms. The molecule has 0 aliphatic carbocycles. The normalized spacial score (nSPS) is 12.2. The maximum absolute atomic E-state index is 10.8. The van der Waals surface area contributed by atoms with Crippen LogP contribution in [0.1, 0.15) is 25.3 Å². The van der Waals surface area contributed by atoms with Crippen molar-refractivity contribution in [1.82, 2.24) is 0 Å². The largest absolute Gasteiger partial charge is 0.490 e. The van der Waals surface area contributed by atoms with Gasteiger partial charge in [-0.3, -0.25) is 10.1 Å². The van der Waals surface area contributed by atoms with Crippen molar-refractivity contribution in [2.45, 2.75) is 32.2 Å². The molecule has 0 saturated carbocycles. The van der Waals surface area contributed by atoms with E-state index < -0.39 is 4.92 Å². The summed E-state index contributed by atoms with van der Waals surface area (Å²) in [5, 5.41) is 10.8.